The minimum absolute atomic E-state index is 0.840. The summed E-state index contributed by atoms with van der Waals surface area (Å²) < 4.78 is 33.2. The van der Waals surface area contributed by atoms with Crippen LogP contribution in [0.15, 0.2) is 200 Å². The molecule has 0 aliphatic heterocycles. The molecule has 6 aromatic carbocycles. The molecule has 0 aliphatic carbocycles. The van der Waals surface area contributed by atoms with E-state index in [1.807, 2.05) is 132 Å². The number of thioether (sulfide) groups is 2. The van der Waals surface area contributed by atoms with Gasteiger partial charge in [0.2, 0.25) is 0 Å². The quantitative estimate of drug-likeness (QED) is 0.0767. The monoisotopic (exact) mass is 804 g/mol. The Morgan fingerprint density at radius 2 is 0.828 bits per heavy atom. The van der Waals surface area contributed by atoms with Gasteiger partial charge < -0.3 is 23.8 Å². The van der Waals surface area contributed by atoms with Crippen LogP contribution in [0.3, 0.4) is 0 Å². The molecule has 10 heteroatoms. The summed E-state index contributed by atoms with van der Waals surface area (Å²) in [5, 5.41) is 26.8. The van der Waals surface area contributed by atoms with Crippen molar-refractivity contribution in [2.75, 3.05) is 14.2 Å². The first-order valence-corrected chi connectivity index (χ1v) is 19.9. The molecular weight excluding hydrogens is 766 g/mol. The van der Waals surface area contributed by atoms with Gasteiger partial charge in [-0.1, -0.05) is 109 Å². The molecular formula is C48H38BFO6S2. The number of fused-ring (bicyclic) bond motifs is 2. The van der Waals surface area contributed by atoms with Gasteiger partial charge in [0, 0.05) is 57.2 Å². The molecule has 0 unspecified atom stereocenters. The lowest BCUT2D eigenvalue weighted by Crippen LogP contribution is -2.39. The number of hydrogen-bond acceptors (Lipinski definition) is 6. The Kier molecular flexibility index (Phi) is 15.3. The first-order valence-electron chi connectivity index (χ1n) is 18.1. The number of ether oxygens (including phenoxy) is 2. The molecule has 0 N–H and O–H groups in total. The van der Waals surface area contributed by atoms with Gasteiger partial charge in [0.25, 0.3) is 0 Å². The molecule has 0 bridgehead atoms. The molecule has 2 aromatic heterocycles. The first kappa shape index (κ1) is 41.5. The molecule has 0 saturated carbocycles. The third kappa shape index (κ3) is 11.5. The van der Waals surface area contributed by atoms with Gasteiger partial charge in [-0.25, -0.2) is 0 Å². The number of rotatable bonds is 10. The largest absolute Gasteiger partial charge is 0.867 e. The molecule has 8 rings (SSSR count). The molecule has 0 amide bonds. The van der Waals surface area contributed by atoms with Crippen LogP contribution in [0.5, 0.6) is 11.5 Å². The fourth-order valence-electron chi connectivity index (χ4n) is 6.01. The second kappa shape index (κ2) is 21.4. The highest BCUT2D eigenvalue weighted by Gasteiger charge is 2.20. The summed E-state index contributed by atoms with van der Waals surface area (Å²) in [5.74, 6) is 3.41. The molecule has 0 fully saturated rings. The van der Waals surface area contributed by atoms with Gasteiger partial charge >= 0.3 is 21.7 Å². The molecule has 0 radical (unpaired) electrons. The van der Waals surface area contributed by atoms with E-state index in [0.29, 0.717) is 0 Å². The first-order chi connectivity index (χ1) is 28.4. The number of hydrogen-bond donors (Lipinski definition) is 0. The minimum atomic E-state index is -3.17. The maximum atomic E-state index is 9.89. The molecule has 0 aliphatic rings. The summed E-state index contributed by atoms with van der Waals surface area (Å²) in [6.45, 7) is 0. The maximum Gasteiger partial charge on any atom is 0.392 e. The normalized spacial score (nSPS) is 10.8. The van der Waals surface area contributed by atoms with Gasteiger partial charge in [-0.15, -0.1) is 0 Å². The average Bonchev–Trinajstić information content (AvgIpc) is 3.26. The maximum absolute atomic E-state index is 9.89. The van der Waals surface area contributed by atoms with Gasteiger partial charge in [-0.3, -0.25) is 0 Å². The Morgan fingerprint density at radius 3 is 1.21 bits per heavy atom. The van der Waals surface area contributed by atoms with Crippen LogP contribution in [0, 0.1) is 0 Å². The smallest absolute Gasteiger partial charge is 0.392 e. The Bertz CT molecular complexity index is 2420. The topological polar surface area (TPSA) is 87.2 Å². The van der Waals surface area contributed by atoms with Crippen molar-refractivity contribution in [1.82, 2.24) is 0 Å². The minimum Gasteiger partial charge on any atom is -0.867 e. The van der Waals surface area contributed by atoms with E-state index >= 15 is 0 Å². The van der Waals surface area contributed by atoms with E-state index < -0.39 is 7.40 Å². The van der Waals surface area contributed by atoms with Crippen molar-refractivity contribution in [2.45, 2.75) is 10.2 Å². The van der Waals surface area contributed by atoms with Crippen molar-refractivity contribution in [2.24, 2.45) is 0 Å². The lowest BCUT2D eigenvalue weighted by Gasteiger charge is -2.09. The van der Waals surface area contributed by atoms with E-state index in [9.17, 15) is 4.32 Å². The van der Waals surface area contributed by atoms with Gasteiger partial charge in [-0.2, -0.15) is 8.83 Å². The summed E-state index contributed by atoms with van der Waals surface area (Å²) in [4.78, 5) is 0. The third-order valence-corrected chi connectivity index (χ3v) is 10.1. The van der Waals surface area contributed by atoms with Crippen LogP contribution in [-0.2, 0) is 0 Å². The molecule has 8 aromatic rings. The van der Waals surface area contributed by atoms with Crippen LogP contribution in [0.1, 0.15) is 11.1 Å². The Hall–Kier alpha value is -6.17. The van der Waals surface area contributed by atoms with Gasteiger partial charge in [0.15, 0.2) is 0 Å². The lowest BCUT2D eigenvalue weighted by molar-refractivity contribution is -0.366. The molecule has 2 heterocycles. The molecule has 6 nitrogen and oxygen atoms in total. The average molecular weight is 805 g/mol. The van der Waals surface area contributed by atoms with E-state index in [-0.39, 0.29) is 0 Å². The van der Waals surface area contributed by atoms with E-state index in [1.54, 1.807) is 37.7 Å². The van der Waals surface area contributed by atoms with Crippen molar-refractivity contribution in [1.29, 1.82) is 0 Å². The summed E-state index contributed by atoms with van der Waals surface area (Å²) >= 11 is 3.13. The van der Waals surface area contributed by atoms with Gasteiger partial charge in [0.05, 0.1) is 37.5 Å². The summed E-state index contributed by atoms with van der Waals surface area (Å²) in [6.07, 6.45) is 4.16. The molecule has 288 valence electrons. The van der Waals surface area contributed by atoms with E-state index in [2.05, 4.69) is 60.7 Å². The zero-order valence-electron chi connectivity index (χ0n) is 31.7. The Balaban J connectivity index is 0.000000179. The Morgan fingerprint density at radius 1 is 0.466 bits per heavy atom. The summed E-state index contributed by atoms with van der Waals surface area (Å²) in [5.41, 5.74) is 4.45. The highest BCUT2D eigenvalue weighted by molar-refractivity contribution is 8.02. The standard InChI is InChI=1S/2C24H19O2S.BFO2/c2*1-25-22-15-14-21(19-10-5-6-11-20(19)22)23-12-7-13-24(26-23)27-17-16-18-8-3-2-4-9-18;2-1(3)4/h2*2-17H,1H3;/q2*+1;-2/b2*17-16+;. The highest BCUT2D eigenvalue weighted by Crippen LogP contribution is 2.37. The molecule has 0 saturated heterocycles. The van der Waals surface area contributed by atoms with Crippen LogP contribution in [-0.4, -0.2) is 21.6 Å². The number of halogens is 1. The van der Waals surface area contributed by atoms with Crippen LogP contribution in [0.25, 0.3) is 56.3 Å². The lowest BCUT2D eigenvalue weighted by atomic mass is 10.0. The van der Waals surface area contributed by atoms with Crippen molar-refractivity contribution in [3.8, 4) is 34.1 Å². The second-order valence-corrected chi connectivity index (χ2v) is 14.1. The van der Waals surface area contributed by atoms with Crippen molar-refractivity contribution in [3.63, 3.8) is 0 Å². The van der Waals surface area contributed by atoms with E-state index in [4.69, 9.17) is 28.4 Å². The number of methoxy groups -OCH3 is 2. The second-order valence-electron chi connectivity index (χ2n) is 12.3. The number of benzene rings is 6. The molecule has 0 atom stereocenters. The summed E-state index contributed by atoms with van der Waals surface area (Å²) in [7, 11) is 0.226. The Labute approximate surface area is 346 Å². The van der Waals surface area contributed by atoms with Gasteiger partial charge in [0.1, 0.15) is 18.9 Å². The van der Waals surface area contributed by atoms with Crippen molar-refractivity contribution < 1.29 is 32.7 Å². The van der Waals surface area contributed by atoms with E-state index in [1.165, 1.54) is 11.1 Å². The zero-order chi connectivity index (χ0) is 40.5. The van der Waals surface area contributed by atoms with Crippen LogP contribution in [0.2, 0.25) is 0 Å². The van der Waals surface area contributed by atoms with Crippen LogP contribution < -0.4 is 19.5 Å². The zero-order valence-corrected chi connectivity index (χ0v) is 33.3. The van der Waals surface area contributed by atoms with Crippen LogP contribution >= 0.6 is 23.5 Å². The van der Waals surface area contributed by atoms with Crippen LogP contribution in [0.4, 0.5) is 4.32 Å². The predicted octanol–water partition coefficient (Wildman–Crippen LogP) is 12.0. The SMILES string of the molecule is COc1ccc(-c2cccc(S/C=C/c3ccccc3)[o+]2)c2ccccc12.COc1ccc(-c2cccc(S/C=C/c3ccccc3)[o+]2)c2ccccc12.[O-]B([O-])F. The van der Waals surface area contributed by atoms with Crippen molar-refractivity contribution >= 4 is 64.6 Å². The third-order valence-electron chi connectivity index (χ3n) is 8.61. The molecule has 0 spiro atoms. The fraction of sp³-hybridized carbons (Fsp3) is 0.0417. The highest BCUT2D eigenvalue weighted by atomic mass is 32.2. The molecule has 58 heavy (non-hydrogen) atoms. The fourth-order valence-corrected chi connectivity index (χ4v) is 7.32. The predicted molar refractivity (Wildman–Crippen MR) is 235 cm³/mol. The van der Waals surface area contributed by atoms with E-state index in [0.717, 1.165) is 65.9 Å². The van der Waals surface area contributed by atoms with Gasteiger partial charge in [-0.05, 0) is 70.5 Å². The van der Waals surface area contributed by atoms with Crippen molar-refractivity contribution in [3.05, 3.63) is 192 Å². The summed E-state index contributed by atoms with van der Waals surface area (Å²) in [6, 6.07) is 57.0.